The third-order valence-corrected chi connectivity index (χ3v) is 6.92. The molecule has 9 nitrogen and oxygen atoms in total. The average Bonchev–Trinajstić information content (AvgIpc) is 3.62. The second-order valence-corrected chi connectivity index (χ2v) is 9.67. The Morgan fingerprint density at radius 2 is 2.03 bits per heavy atom. The lowest BCUT2D eigenvalue weighted by atomic mass is 9.99. The maximum Gasteiger partial charge on any atom is 0.252 e. The van der Waals surface area contributed by atoms with Crippen molar-refractivity contribution in [2.24, 2.45) is 5.92 Å². The van der Waals surface area contributed by atoms with Crippen molar-refractivity contribution in [1.29, 1.82) is 0 Å². The van der Waals surface area contributed by atoms with Crippen LogP contribution in [0.4, 0.5) is 0 Å². The van der Waals surface area contributed by atoms with Crippen LogP contribution in [-0.4, -0.2) is 37.2 Å². The Kier molecular flexibility index (Phi) is 6.68. The topological polar surface area (TPSA) is 102 Å². The molecule has 1 aromatic carbocycles. The highest BCUT2D eigenvalue weighted by atomic mass is 16.5. The fraction of sp³-hybridized carbons (Fsp3) is 0.462. The first kappa shape index (κ1) is 23.3. The zero-order valence-corrected chi connectivity index (χ0v) is 20.5. The number of tetrazole rings is 1. The summed E-state index contributed by atoms with van der Waals surface area (Å²) in [7, 11) is 1.64. The third-order valence-electron chi connectivity index (χ3n) is 6.92. The molecule has 0 aliphatic heterocycles. The van der Waals surface area contributed by atoms with Crippen molar-refractivity contribution >= 4 is 10.9 Å². The number of furan rings is 1. The van der Waals surface area contributed by atoms with Gasteiger partial charge >= 0.3 is 0 Å². The number of H-pyrrole nitrogens is 1. The van der Waals surface area contributed by atoms with Crippen molar-refractivity contribution in [2.75, 3.05) is 7.11 Å². The first-order valence-electron chi connectivity index (χ1n) is 12.3. The van der Waals surface area contributed by atoms with Gasteiger partial charge in [-0.25, -0.2) is 4.68 Å². The highest BCUT2D eigenvalue weighted by Crippen LogP contribution is 2.35. The van der Waals surface area contributed by atoms with Gasteiger partial charge in [0.2, 0.25) is 0 Å². The van der Waals surface area contributed by atoms with Crippen molar-refractivity contribution in [3.8, 4) is 5.75 Å². The van der Waals surface area contributed by atoms with E-state index < -0.39 is 0 Å². The summed E-state index contributed by atoms with van der Waals surface area (Å²) < 4.78 is 13.1. The van der Waals surface area contributed by atoms with Crippen LogP contribution >= 0.6 is 0 Å². The standard InChI is InChI=1S/C26H32N6O3/c1-17(2)24(25-28-29-30-32(25)20-7-4-5-8-20)31(16-22-9-6-12-35-22)15-19-13-18-14-21(34-3)10-11-23(18)27-26(19)33/h6,9-14,17,20,24H,4-5,7-8,15-16H2,1-3H3,(H,27,33)/t24-/m0/s1. The van der Waals surface area contributed by atoms with Crippen LogP contribution in [0.25, 0.3) is 10.9 Å². The minimum absolute atomic E-state index is 0.101. The minimum Gasteiger partial charge on any atom is -0.497 e. The molecule has 1 aliphatic carbocycles. The Labute approximate surface area is 204 Å². The van der Waals surface area contributed by atoms with E-state index in [9.17, 15) is 4.79 Å². The van der Waals surface area contributed by atoms with Crippen molar-refractivity contribution < 1.29 is 9.15 Å². The van der Waals surface area contributed by atoms with Crippen LogP contribution in [0, 0.1) is 5.92 Å². The molecule has 0 unspecified atom stereocenters. The summed E-state index contributed by atoms with van der Waals surface area (Å²) in [6.45, 7) is 5.29. The molecular formula is C26H32N6O3. The van der Waals surface area contributed by atoms with Gasteiger partial charge in [-0.15, -0.1) is 5.10 Å². The lowest BCUT2D eigenvalue weighted by Gasteiger charge is -2.33. The number of nitrogens with zero attached hydrogens (tertiary/aromatic N) is 5. The fourth-order valence-electron chi connectivity index (χ4n) is 5.24. The fourth-order valence-corrected chi connectivity index (χ4v) is 5.24. The van der Waals surface area contributed by atoms with Gasteiger partial charge in [-0.2, -0.15) is 0 Å². The smallest absolute Gasteiger partial charge is 0.252 e. The zero-order chi connectivity index (χ0) is 24.4. The van der Waals surface area contributed by atoms with Crippen molar-refractivity contribution in [2.45, 2.75) is 64.7 Å². The van der Waals surface area contributed by atoms with E-state index in [2.05, 4.69) is 39.3 Å². The first-order chi connectivity index (χ1) is 17.0. The number of pyridine rings is 1. The quantitative estimate of drug-likeness (QED) is 0.376. The molecule has 0 bridgehead atoms. The summed E-state index contributed by atoms with van der Waals surface area (Å²) in [6, 6.07) is 11.7. The Hall–Kier alpha value is -3.46. The van der Waals surface area contributed by atoms with Crippen LogP contribution in [0.1, 0.15) is 68.8 Å². The van der Waals surface area contributed by atoms with Gasteiger partial charge in [0.05, 0.1) is 32.0 Å². The van der Waals surface area contributed by atoms with Crippen molar-refractivity contribution in [3.05, 3.63) is 70.2 Å². The Morgan fingerprint density at radius 3 is 2.74 bits per heavy atom. The molecule has 0 spiro atoms. The SMILES string of the molecule is COc1ccc2[nH]c(=O)c(CN(Cc3ccco3)[C@H](c3nnnn3C3CCCC3)C(C)C)cc2c1. The normalized spacial score (nSPS) is 15.5. The zero-order valence-electron chi connectivity index (χ0n) is 20.5. The van der Waals surface area contributed by atoms with E-state index >= 15 is 0 Å². The van der Waals surface area contributed by atoms with Gasteiger partial charge in [0.25, 0.3) is 5.56 Å². The van der Waals surface area contributed by atoms with E-state index in [1.807, 2.05) is 41.1 Å². The maximum absolute atomic E-state index is 13.1. The van der Waals surface area contributed by atoms with E-state index in [1.54, 1.807) is 13.4 Å². The summed E-state index contributed by atoms with van der Waals surface area (Å²) in [5.74, 6) is 2.63. The third kappa shape index (κ3) is 4.86. The number of benzene rings is 1. The van der Waals surface area contributed by atoms with Crippen LogP contribution < -0.4 is 10.3 Å². The van der Waals surface area contributed by atoms with Gasteiger partial charge in [-0.3, -0.25) is 9.69 Å². The van der Waals surface area contributed by atoms with E-state index in [4.69, 9.17) is 9.15 Å². The molecule has 184 valence electrons. The summed E-state index contributed by atoms with van der Waals surface area (Å²) in [5.41, 5.74) is 1.34. The van der Waals surface area contributed by atoms with Gasteiger partial charge in [0, 0.05) is 23.0 Å². The molecule has 5 rings (SSSR count). The molecule has 1 fully saturated rings. The molecule has 1 aliphatic rings. The van der Waals surface area contributed by atoms with E-state index in [-0.39, 0.29) is 17.5 Å². The molecule has 4 aromatic rings. The maximum atomic E-state index is 13.1. The minimum atomic E-state index is -0.106. The van der Waals surface area contributed by atoms with Crippen LogP contribution in [-0.2, 0) is 13.1 Å². The predicted octanol–water partition coefficient (Wildman–Crippen LogP) is 4.63. The first-order valence-corrected chi connectivity index (χ1v) is 12.3. The van der Waals surface area contributed by atoms with E-state index in [0.717, 1.165) is 41.1 Å². The molecule has 0 amide bonds. The molecule has 35 heavy (non-hydrogen) atoms. The average molecular weight is 477 g/mol. The van der Waals surface area contributed by atoms with Gasteiger partial charge in [-0.1, -0.05) is 26.7 Å². The van der Waals surface area contributed by atoms with Gasteiger partial charge in [-0.05, 0) is 65.6 Å². The Balaban J connectivity index is 1.55. The second-order valence-electron chi connectivity index (χ2n) is 9.67. The number of ether oxygens (including phenoxy) is 1. The number of hydrogen-bond donors (Lipinski definition) is 1. The van der Waals surface area contributed by atoms with E-state index in [1.165, 1.54) is 12.8 Å². The molecule has 3 aromatic heterocycles. The molecule has 3 heterocycles. The summed E-state index contributed by atoms with van der Waals surface area (Å²) >= 11 is 0. The number of aromatic amines is 1. The van der Waals surface area contributed by atoms with E-state index in [0.29, 0.717) is 24.7 Å². The molecule has 1 saturated carbocycles. The largest absolute Gasteiger partial charge is 0.497 e. The molecular weight excluding hydrogens is 444 g/mol. The number of nitrogens with one attached hydrogen (secondary N) is 1. The van der Waals surface area contributed by atoms with Crippen LogP contribution in [0.15, 0.2) is 51.9 Å². The molecule has 0 saturated heterocycles. The van der Waals surface area contributed by atoms with Gasteiger partial charge < -0.3 is 14.1 Å². The lowest BCUT2D eigenvalue weighted by molar-refractivity contribution is 0.114. The number of rotatable bonds is 9. The van der Waals surface area contributed by atoms with Crippen LogP contribution in [0.5, 0.6) is 5.75 Å². The van der Waals surface area contributed by atoms with Crippen molar-refractivity contribution in [1.82, 2.24) is 30.1 Å². The van der Waals surface area contributed by atoms with Gasteiger partial charge in [0.1, 0.15) is 11.5 Å². The molecule has 9 heteroatoms. The Bertz CT molecular complexity index is 1320. The second kappa shape index (κ2) is 10.0. The highest BCUT2D eigenvalue weighted by Gasteiger charge is 2.33. The highest BCUT2D eigenvalue weighted by molar-refractivity contribution is 5.80. The number of methoxy groups -OCH3 is 1. The monoisotopic (exact) mass is 476 g/mol. The number of hydrogen-bond acceptors (Lipinski definition) is 7. The van der Waals surface area contributed by atoms with Crippen molar-refractivity contribution in [3.63, 3.8) is 0 Å². The van der Waals surface area contributed by atoms with Crippen LogP contribution in [0.3, 0.4) is 0 Å². The number of aromatic nitrogens is 5. The lowest BCUT2D eigenvalue weighted by Crippen LogP contribution is -2.35. The number of fused-ring (bicyclic) bond motifs is 1. The predicted molar refractivity (Wildman–Crippen MR) is 132 cm³/mol. The van der Waals surface area contributed by atoms with Gasteiger partial charge in [0.15, 0.2) is 5.82 Å². The Morgan fingerprint density at radius 1 is 1.20 bits per heavy atom. The molecule has 1 atom stereocenters. The summed E-state index contributed by atoms with van der Waals surface area (Å²) in [4.78, 5) is 18.4. The molecule has 1 N–H and O–H groups in total. The van der Waals surface area contributed by atoms with Crippen LogP contribution in [0.2, 0.25) is 0 Å². The summed E-state index contributed by atoms with van der Waals surface area (Å²) in [5, 5.41) is 13.9. The molecule has 0 radical (unpaired) electrons. The summed E-state index contributed by atoms with van der Waals surface area (Å²) in [6.07, 6.45) is 6.25.